The van der Waals surface area contributed by atoms with Gasteiger partial charge in [-0.15, -0.1) is 5.10 Å². The minimum absolute atomic E-state index is 0.362. The molecule has 98 valence electrons. The van der Waals surface area contributed by atoms with Gasteiger partial charge in [-0.05, 0) is 42.2 Å². The number of hydrogen-bond acceptors (Lipinski definition) is 4. The van der Waals surface area contributed by atoms with Gasteiger partial charge < -0.3 is 5.32 Å². The van der Waals surface area contributed by atoms with E-state index < -0.39 is 0 Å². The van der Waals surface area contributed by atoms with Crippen LogP contribution >= 0.6 is 0 Å². The zero-order valence-electron chi connectivity index (χ0n) is 11.6. The zero-order chi connectivity index (χ0) is 12.8. The lowest BCUT2D eigenvalue weighted by molar-refractivity contribution is 0.376. The molecule has 0 spiro atoms. The van der Waals surface area contributed by atoms with Gasteiger partial charge in [-0.3, -0.25) is 0 Å². The van der Waals surface area contributed by atoms with Gasteiger partial charge in [-0.1, -0.05) is 27.7 Å². The first-order chi connectivity index (χ1) is 8.00. The number of rotatable bonds is 7. The molecule has 0 saturated heterocycles. The van der Waals surface area contributed by atoms with Crippen molar-refractivity contribution < 1.29 is 0 Å². The summed E-state index contributed by atoms with van der Waals surface area (Å²) in [6.45, 7) is 12.7. The summed E-state index contributed by atoms with van der Waals surface area (Å²) < 4.78 is 1.94. The van der Waals surface area contributed by atoms with Crippen molar-refractivity contribution in [2.24, 2.45) is 11.8 Å². The number of hydrogen-bond donors (Lipinski definition) is 1. The van der Waals surface area contributed by atoms with Gasteiger partial charge in [0, 0.05) is 0 Å². The minimum atomic E-state index is 0.362. The molecule has 1 atom stereocenters. The summed E-state index contributed by atoms with van der Waals surface area (Å²) in [6.07, 6.45) is 1.10. The molecule has 0 radical (unpaired) electrons. The standard InChI is InChI=1S/C12H25N5/c1-9(2)6-11(5)17-12(14-15-16-17)8-13-7-10(3)4/h9-11,13H,6-8H2,1-5H3. The molecule has 0 aliphatic carbocycles. The fraction of sp³-hybridized carbons (Fsp3) is 0.917. The molecular weight excluding hydrogens is 214 g/mol. The molecule has 1 N–H and O–H groups in total. The van der Waals surface area contributed by atoms with E-state index in [0.717, 1.165) is 25.3 Å². The molecular formula is C12H25N5. The first-order valence-corrected chi connectivity index (χ1v) is 6.48. The number of nitrogens with one attached hydrogen (secondary N) is 1. The summed E-state index contributed by atoms with van der Waals surface area (Å²) in [5, 5.41) is 15.3. The smallest absolute Gasteiger partial charge is 0.165 e. The Morgan fingerprint density at radius 3 is 2.41 bits per heavy atom. The summed E-state index contributed by atoms with van der Waals surface area (Å²) in [6, 6.07) is 0.362. The van der Waals surface area contributed by atoms with Crippen molar-refractivity contribution in [3.05, 3.63) is 5.82 Å². The van der Waals surface area contributed by atoms with Crippen LogP contribution in [0.5, 0.6) is 0 Å². The highest BCUT2D eigenvalue weighted by molar-refractivity contribution is 4.83. The van der Waals surface area contributed by atoms with Gasteiger partial charge in [0.1, 0.15) is 0 Å². The Hall–Kier alpha value is -0.970. The molecule has 5 nitrogen and oxygen atoms in total. The molecule has 0 aromatic carbocycles. The third-order valence-electron chi connectivity index (χ3n) is 2.63. The van der Waals surface area contributed by atoms with Gasteiger partial charge in [0.15, 0.2) is 5.82 Å². The number of nitrogens with zero attached hydrogens (tertiary/aromatic N) is 4. The summed E-state index contributed by atoms with van der Waals surface area (Å²) in [7, 11) is 0. The first kappa shape index (κ1) is 14.1. The van der Waals surface area contributed by atoms with E-state index in [9.17, 15) is 0 Å². The average molecular weight is 239 g/mol. The Kier molecular flexibility index (Phi) is 5.55. The lowest BCUT2D eigenvalue weighted by Gasteiger charge is -2.15. The van der Waals surface area contributed by atoms with Crippen LogP contribution in [0, 0.1) is 11.8 Å². The molecule has 1 aromatic heterocycles. The first-order valence-electron chi connectivity index (χ1n) is 6.48. The zero-order valence-corrected chi connectivity index (χ0v) is 11.6. The molecule has 0 aliphatic heterocycles. The quantitative estimate of drug-likeness (QED) is 0.791. The van der Waals surface area contributed by atoms with E-state index in [0.29, 0.717) is 17.9 Å². The third-order valence-corrected chi connectivity index (χ3v) is 2.63. The van der Waals surface area contributed by atoms with Gasteiger partial charge in [-0.2, -0.15) is 0 Å². The summed E-state index contributed by atoms with van der Waals surface area (Å²) in [4.78, 5) is 0. The maximum Gasteiger partial charge on any atom is 0.165 e. The maximum atomic E-state index is 4.08. The van der Waals surface area contributed by atoms with Gasteiger partial charge in [-0.25, -0.2) is 4.68 Å². The van der Waals surface area contributed by atoms with Crippen molar-refractivity contribution in [1.82, 2.24) is 25.5 Å². The van der Waals surface area contributed by atoms with Crippen molar-refractivity contribution in [2.45, 2.75) is 53.6 Å². The molecule has 0 amide bonds. The van der Waals surface area contributed by atoms with Crippen LogP contribution in [0.4, 0.5) is 0 Å². The van der Waals surface area contributed by atoms with Crippen LogP contribution in [0.3, 0.4) is 0 Å². The van der Waals surface area contributed by atoms with E-state index in [1.165, 1.54) is 0 Å². The predicted octanol–water partition coefficient (Wildman–Crippen LogP) is 2.03. The Morgan fingerprint density at radius 2 is 1.82 bits per heavy atom. The third kappa shape index (κ3) is 4.81. The molecule has 0 saturated carbocycles. The lowest BCUT2D eigenvalue weighted by Crippen LogP contribution is -2.23. The summed E-state index contributed by atoms with van der Waals surface area (Å²) in [5.41, 5.74) is 0. The second kappa shape index (κ2) is 6.69. The van der Waals surface area contributed by atoms with E-state index in [4.69, 9.17) is 0 Å². The van der Waals surface area contributed by atoms with Crippen LogP contribution in [-0.2, 0) is 6.54 Å². The highest BCUT2D eigenvalue weighted by Crippen LogP contribution is 2.16. The molecule has 1 aromatic rings. The molecule has 0 fully saturated rings. The molecule has 0 aliphatic rings. The molecule has 1 rings (SSSR count). The predicted molar refractivity (Wildman–Crippen MR) is 68.5 cm³/mol. The fourth-order valence-corrected chi connectivity index (χ4v) is 1.93. The van der Waals surface area contributed by atoms with Crippen molar-refractivity contribution in [3.8, 4) is 0 Å². The van der Waals surface area contributed by atoms with Crippen LogP contribution in [0.1, 0.15) is 52.9 Å². The van der Waals surface area contributed by atoms with Gasteiger partial charge in [0.2, 0.25) is 0 Å². The second-order valence-corrected chi connectivity index (χ2v) is 5.54. The van der Waals surface area contributed by atoms with E-state index in [1.54, 1.807) is 0 Å². The van der Waals surface area contributed by atoms with Crippen molar-refractivity contribution in [2.75, 3.05) is 6.54 Å². The average Bonchev–Trinajstić information content (AvgIpc) is 2.64. The van der Waals surface area contributed by atoms with Crippen molar-refractivity contribution in [1.29, 1.82) is 0 Å². The molecule has 1 heterocycles. The number of aromatic nitrogens is 4. The normalized spacial score (nSPS) is 13.6. The van der Waals surface area contributed by atoms with E-state index in [1.807, 2.05) is 4.68 Å². The highest BCUT2D eigenvalue weighted by atomic mass is 15.6. The van der Waals surface area contributed by atoms with Gasteiger partial charge in [0.25, 0.3) is 0 Å². The van der Waals surface area contributed by atoms with Gasteiger partial charge in [0.05, 0.1) is 12.6 Å². The van der Waals surface area contributed by atoms with E-state index in [-0.39, 0.29) is 0 Å². The van der Waals surface area contributed by atoms with Crippen molar-refractivity contribution in [3.63, 3.8) is 0 Å². The molecule has 5 heteroatoms. The fourth-order valence-electron chi connectivity index (χ4n) is 1.93. The second-order valence-electron chi connectivity index (χ2n) is 5.54. The largest absolute Gasteiger partial charge is 0.310 e. The Labute approximate surface area is 104 Å². The molecule has 17 heavy (non-hydrogen) atoms. The lowest BCUT2D eigenvalue weighted by atomic mass is 10.1. The van der Waals surface area contributed by atoms with Crippen LogP contribution in [-0.4, -0.2) is 26.8 Å². The van der Waals surface area contributed by atoms with E-state index >= 15 is 0 Å². The highest BCUT2D eigenvalue weighted by Gasteiger charge is 2.13. The SMILES string of the molecule is CC(C)CNCc1nnnn1C(C)CC(C)C. The maximum absolute atomic E-state index is 4.08. The van der Waals surface area contributed by atoms with E-state index in [2.05, 4.69) is 55.5 Å². The van der Waals surface area contributed by atoms with Crippen LogP contribution in [0.2, 0.25) is 0 Å². The Morgan fingerprint density at radius 1 is 1.12 bits per heavy atom. The van der Waals surface area contributed by atoms with Crippen LogP contribution in [0.25, 0.3) is 0 Å². The minimum Gasteiger partial charge on any atom is -0.310 e. The summed E-state index contributed by atoms with van der Waals surface area (Å²) in [5.74, 6) is 2.23. The Bertz CT molecular complexity index is 318. The van der Waals surface area contributed by atoms with Gasteiger partial charge >= 0.3 is 0 Å². The Balaban J connectivity index is 2.53. The monoisotopic (exact) mass is 239 g/mol. The van der Waals surface area contributed by atoms with Crippen molar-refractivity contribution >= 4 is 0 Å². The molecule has 1 unspecified atom stereocenters. The summed E-state index contributed by atoms with van der Waals surface area (Å²) >= 11 is 0. The van der Waals surface area contributed by atoms with Crippen LogP contribution < -0.4 is 5.32 Å². The molecule has 0 bridgehead atoms. The number of tetrazole rings is 1. The topological polar surface area (TPSA) is 55.6 Å². The van der Waals surface area contributed by atoms with Crippen LogP contribution in [0.15, 0.2) is 0 Å².